The summed E-state index contributed by atoms with van der Waals surface area (Å²) in [5.41, 5.74) is 1.49. The Balaban J connectivity index is 1.38. The van der Waals surface area contributed by atoms with Gasteiger partial charge in [-0.1, -0.05) is 64.9 Å². The Bertz CT molecular complexity index is 1560. The van der Waals surface area contributed by atoms with Gasteiger partial charge in [0, 0.05) is 10.6 Å². The van der Waals surface area contributed by atoms with E-state index in [1.165, 1.54) is 18.2 Å². The minimum Gasteiger partial charge on any atom is -0.454 e. The number of carbonyl (C=O) groups excluding carboxylic acids is 1. The molecule has 1 amide bonds. The summed E-state index contributed by atoms with van der Waals surface area (Å²) in [6, 6.07) is 17.3. The number of halogens is 2. The highest BCUT2D eigenvalue weighted by Crippen LogP contribution is 2.37. The van der Waals surface area contributed by atoms with E-state index in [9.17, 15) is 13.2 Å². The van der Waals surface area contributed by atoms with E-state index in [0.717, 1.165) is 22.5 Å². The van der Waals surface area contributed by atoms with Crippen molar-refractivity contribution >= 4 is 55.6 Å². The molecule has 4 aromatic rings. The summed E-state index contributed by atoms with van der Waals surface area (Å²) in [4.78, 5) is 13.1. The van der Waals surface area contributed by atoms with Gasteiger partial charge in [-0.05, 0) is 48.4 Å². The fourth-order valence-corrected chi connectivity index (χ4v) is 6.28. The predicted molar refractivity (Wildman–Crippen MR) is 141 cm³/mol. The van der Waals surface area contributed by atoms with Gasteiger partial charge in [0.05, 0.1) is 5.02 Å². The number of hydrogen-bond donors (Lipinski definition) is 2. The number of aromatic nitrogens is 2. The van der Waals surface area contributed by atoms with Crippen molar-refractivity contribution in [2.45, 2.75) is 17.4 Å². The summed E-state index contributed by atoms with van der Waals surface area (Å²) >= 11 is 13.2. The highest BCUT2D eigenvalue weighted by molar-refractivity contribution is 7.89. The normalized spacial score (nSPS) is 13.4. The van der Waals surface area contributed by atoms with Crippen molar-refractivity contribution in [2.24, 2.45) is 0 Å². The van der Waals surface area contributed by atoms with Crippen LogP contribution in [-0.2, 0) is 21.2 Å². The maximum Gasteiger partial charge on any atom is 0.244 e. The maximum atomic E-state index is 13.3. The van der Waals surface area contributed by atoms with Gasteiger partial charge in [0.2, 0.25) is 27.9 Å². The van der Waals surface area contributed by atoms with Crippen LogP contribution >= 0.6 is 34.5 Å². The third-order valence-electron chi connectivity index (χ3n) is 5.35. The van der Waals surface area contributed by atoms with Crippen molar-refractivity contribution in [3.8, 4) is 22.1 Å². The van der Waals surface area contributed by atoms with Crippen molar-refractivity contribution < 1.29 is 22.7 Å². The first-order chi connectivity index (χ1) is 17.8. The van der Waals surface area contributed by atoms with E-state index in [1.54, 1.807) is 42.5 Å². The zero-order valence-electron chi connectivity index (χ0n) is 18.9. The van der Waals surface area contributed by atoms with E-state index in [-0.39, 0.29) is 33.3 Å². The zero-order valence-corrected chi connectivity index (χ0v) is 22.0. The first kappa shape index (κ1) is 25.4. The molecule has 37 heavy (non-hydrogen) atoms. The van der Waals surface area contributed by atoms with Crippen LogP contribution in [0.5, 0.6) is 11.5 Å². The van der Waals surface area contributed by atoms with Gasteiger partial charge in [-0.25, -0.2) is 8.42 Å². The standard InChI is InChI=1S/C24H18Cl2N4O5S2/c25-16-7-8-17(26)21(12-16)37(32,33)30-18(10-14-4-2-1-3-5-14)22(31)27-24-29-28-23(36-24)15-6-9-19-20(11-15)35-13-34-19/h1-9,11-12,18,30H,10,13H2,(H,27,29,31). The fourth-order valence-electron chi connectivity index (χ4n) is 3.58. The Hall–Kier alpha value is -3.22. The Morgan fingerprint density at radius 1 is 1.00 bits per heavy atom. The molecule has 2 heterocycles. The molecule has 5 rings (SSSR count). The average Bonchev–Trinajstić information content (AvgIpc) is 3.54. The molecular formula is C24H18Cl2N4O5S2. The smallest absolute Gasteiger partial charge is 0.244 e. The number of amides is 1. The summed E-state index contributed by atoms with van der Waals surface area (Å²) in [6.07, 6.45) is 0.0813. The van der Waals surface area contributed by atoms with Crippen LogP contribution in [-0.4, -0.2) is 37.4 Å². The van der Waals surface area contributed by atoms with E-state index in [0.29, 0.717) is 16.5 Å². The van der Waals surface area contributed by atoms with Crippen LogP contribution in [0.3, 0.4) is 0 Å². The monoisotopic (exact) mass is 576 g/mol. The number of benzene rings is 3. The molecule has 1 unspecified atom stereocenters. The van der Waals surface area contributed by atoms with Crippen LogP contribution in [0.15, 0.2) is 71.6 Å². The van der Waals surface area contributed by atoms with E-state index in [2.05, 4.69) is 20.2 Å². The Morgan fingerprint density at radius 2 is 1.78 bits per heavy atom. The van der Waals surface area contributed by atoms with Gasteiger partial charge in [-0.15, -0.1) is 10.2 Å². The van der Waals surface area contributed by atoms with Gasteiger partial charge in [0.15, 0.2) is 11.5 Å². The molecule has 0 saturated carbocycles. The van der Waals surface area contributed by atoms with Crippen LogP contribution in [0.25, 0.3) is 10.6 Å². The van der Waals surface area contributed by atoms with Gasteiger partial charge in [-0.2, -0.15) is 4.72 Å². The molecule has 0 aliphatic carbocycles. The first-order valence-electron chi connectivity index (χ1n) is 10.8. The number of carbonyl (C=O) groups is 1. The Morgan fingerprint density at radius 3 is 2.59 bits per heavy atom. The van der Waals surface area contributed by atoms with Gasteiger partial charge in [0.1, 0.15) is 15.9 Å². The summed E-state index contributed by atoms with van der Waals surface area (Å²) < 4.78 is 39.5. The number of ether oxygens (including phenoxy) is 2. The number of fused-ring (bicyclic) bond motifs is 1. The SMILES string of the molecule is O=C(Nc1nnc(-c2ccc3c(c2)OCO3)s1)C(Cc1ccccc1)NS(=O)(=O)c1cc(Cl)ccc1Cl. The molecule has 1 aromatic heterocycles. The molecule has 190 valence electrons. The highest BCUT2D eigenvalue weighted by Gasteiger charge is 2.29. The second-order valence-electron chi connectivity index (χ2n) is 7.91. The van der Waals surface area contributed by atoms with Gasteiger partial charge < -0.3 is 9.47 Å². The van der Waals surface area contributed by atoms with Crippen molar-refractivity contribution in [2.75, 3.05) is 12.1 Å². The molecule has 1 aliphatic rings. The van der Waals surface area contributed by atoms with Gasteiger partial charge in [-0.3, -0.25) is 10.1 Å². The molecule has 0 fully saturated rings. The number of nitrogens with zero attached hydrogens (tertiary/aromatic N) is 2. The minimum atomic E-state index is -4.20. The predicted octanol–water partition coefficient (Wildman–Crippen LogP) is 4.77. The number of nitrogens with one attached hydrogen (secondary N) is 2. The summed E-state index contributed by atoms with van der Waals surface area (Å²) in [7, 11) is -4.20. The first-order valence-corrected chi connectivity index (χ1v) is 13.9. The third kappa shape index (κ3) is 5.86. The molecular weight excluding hydrogens is 559 g/mol. The molecule has 13 heteroatoms. The number of sulfonamides is 1. The van der Waals surface area contributed by atoms with Gasteiger partial charge >= 0.3 is 0 Å². The Labute approximate surface area is 226 Å². The fraction of sp³-hybridized carbons (Fsp3) is 0.125. The van der Waals surface area contributed by atoms with Crippen LogP contribution in [0.1, 0.15) is 5.56 Å². The lowest BCUT2D eigenvalue weighted by molar-refractivity contribution is -0.117. The molecule has 9 nitrogen and oxygen atoms in total. The van der Waals surface area contributed by atoms with Crippen LogP contribution in [0.4, 0.5) is 5.13 Å². The van der Waals surface area contributed by atoms with Crippen molar-refractivity contribution in [3.63, 3.8) is 0 Å². The van der Waals surface area contributed by atoms with Crippen molar-refractivity contribution in [3.05, 3.63) is 82.3 Å². The summed E-state index contributed by atoms with van der Waals surface area (Å²) in [5, 5.41) is 11.8. The third-order valence-corrected chi connectivity index (χ3v) is 8.43. The van der Waals surface area contributed by atoms with Crippen molar-refractivity contribution in [1.82, 2.24) is 14.9 Å². The molecule has 0 saturated heterocycles. The van der Waals surface area contributed by atoms with E-state index in [4.69, 9.17) is 32.7 Å². The lowest BCUT2D eigenvalue weighted by atomic mass is 10.1. The Kier molecular flexibility index (Phi) is 7.31. The maximum absolute atomic E-state index is 13.3. The minimum absolute atomic E-state index is 0.0201. The molecule has 1 atom stereocenters. The molecule has 0 radical (unpaired) electrons. The van der Waals surface area contributed by atoms with Crippen LogP contribution in [0.2, 0.25) is 10.0 Å². The molecule has 3 aromatic carbocycles. The van der Waals surface area contributed by atoms with Gasteiger partial charge in [0.25, 0.3) is 0 Å². The summed E-state index contributed by atoms with van der Waals surface area (Å²) in [5.74, 6) is 0.617. The molecule has 1 aliphatic heterocycles. The molecule has 2 N–H and O–H groups in total. The number of anilines is 1. The number of hydrogen-bond acceptors (Lipinski definition) is 8. The number of rotatable bonds is 8. The molecule has 0 bridgehead atoms. The van der Waals surface area contributed by atoms with Crippen LogP contribution in [0, 0.1) is 0 Å². The highest BCUT2D eigenvalue weighted by atomic mass is 35.5. The second kappa shape index (κ2) is 10.6. The molecule has 0 spiro atoms. The quantitative estimate of drug-likeness (QED) is 0.310. The lowest BCUT2D eigenvalue weighted by Crippen LogP contribution is -2.45. The lowest BCUT2D eigenvalue weighted by Gasteiger charge is -2.18. The largest absolute Gasteiger partial charge is 0.454 e. The van der Waals surface area contributed by atoms with E-state index < -0.39 is 22.0 Å². The second-order valence-corrected chi connectivity index (χ2v) is 11.4. The van der Waals surface area contributed by atoms with Crippen LogP contribution < -0.4 is 19.5 Å². The summed E-state index contributed by atoms with van der Waals surface area (Å²) in [6.45, 7) is 0.148. The van der Waals surface area contributed by atoms with E-state index >= 15 is 0 Å². The zero-order chi connectivity index (χ0) is 26.0. The average molecular weight is 577 g/mol. The topological polar surface area (TPSA) is 120 Å². The van der Waals surface area contributed by atoms with Crippen molar-refractivity contribution in [1.29, 1.82) is 0 Å². The van der Waals surface area contributed by atoms with E-state index in [1.807, 2.05) is 6.07 Å².